The maximum Gasteiger partial charge on any atom is 0.398 e. The number of nitrogens with one attached hydrogen (secondary N) is 1. The summed E-state index contributed by atoms with van der Waals surface area (Å²) in [6, 6.07) is -1.65. The zero-order valence-electron chi connectivity index (χ0n) is 26.7. The van der Waals surface area contributed by atoms with Gasteiger partial charge in [-0.05, 0) is 82.1 Å². The molecule has 0 radical (unpaired) electrons. The van der Waals surface area contributed by atoms with Crippen molar-refractivity contribution in [2.45, 2.75) is 95.4 Å². The summed E-state index contributed by atoms with van der Waals surface area (Å²) in [5, 5.41) is 13.5. The highest BCUT2D eigenvalue weighted by Crippen LogP contribution is 2.61. The molecule has 3 heterocycles. The predicted molar refractivity (Wildman–Crippen MR) is 161 cm³/mol. The summed E-state index contributed by atoms with van der Waals surface area (Å²) in [5.74, 6) is -3.85. The van der Waals surface area contributed by atoms with E-state index in [1.807, 2.05) is 0 Å². The topological polar surface area (TPSA) is 172 Å². The molecule has 7 fully saturated rings. The Balaban J connectivity index is 1.18. The van der Waals surface area contributed by atoms with E-state index >= 15 is 0 Å². The molecule has 254 valence electrons. The molecular formula is C31H44N4O10S. The number of ether oxygens (including phenoxy) is 3. The number of likely N-dealkylation sites (N-methyl/N-ethyl adjacent to an activating group) is 1. The van der Waals surface area contributed by atoms with Gasteiger partial charge in [0.1, 0.15) is 6.04 Å². The summed E-state index contributed by atoms with van der Waals surface area (Å²) in [5.41, 5.74) is -2.29. The van der Waals surface area contributed by atoms with Gasteiger partial charge in [0.05, 0.1) is 12.8 Å². The number of aliphatic hydroxyl groups is 1. The third-order valence-electron chi connectivity index (χ3n) is 10.8. The number of hydrogen-bond acceptors (Lipinski definition) is 12. The summed E-state index contributed by atoms with van der Waals surface area (Å²) in [6.07, 6.45) is 5.20. The van der Waals surface area contributed by atoms with Crippen LogP contribution in [0.25, 0.3) is 0 Å². The van der Waals surface area contributed by atoms with Crippen molar-refractivity contribution in [1.82, 2.24) is 20.0 Å². The first-order valence-corrected chi connectivity index (χ1v) is 17.3. The van der Waals surface area contributed by atoms with Crippen LogP contribution in [0.2, 0.25) is 0 Å². The fraction of sp³-hybridized carbons (Fsp3) is 0.806. The summed E-state index contributed by atoms with van der Waals surface area (Å²) in [7, 11) is 1.55. The van der Waals surface area contributed by atoms with E-state index in [4.69, 9.17) is 14.2 Å². The smallest absolute Gasteiger partial charge is 0.398 e. The van der Waals surface area contributed by atoms with Gasteiger partial charge in [-0.1, -0.05) is 11.8 Å². The van der Waals surface area contributed by atoms with Crippen molar-refractivity contribution in [3.05, 3.63) is 0 Å². The Hall–Kier alpha value is -2.91. The number of carbonyl (C=O) groups excluding carboxylic acids is 6. The molecule has 7 aliphatic rings. The Labute approximate surface area is 272 Å². The molecule has 15 heteroatoms. The second-order valence-corrected chi connectivity index (χ2v) is 15.6. The molecule has 3 aliphatic heterocycles. The lowest BCUT2D eigenvalue weighted by Crippen LogP contribution is -2.74. The molecule has 2 N–H and O–H groups in total. The number of thioether (sulfide) groups is 1. The molecule has 1 spiro atoms. The highest BCUT2D eigenvalue weighted by molar-refractivity contribution is 8.13. The van der Waals surface area contributed by atoms with Gasteiger partial charge >= 0.3 is 29.9 Å². The molecule has 0 aromatic heterocycles. The van der Waals surface area contributed by atoms with E-state index in [2.05, 4.69) is 5.32 Å². The van der Waals surface area contributed by atoms with Crippen molar-refractivity contribution in [2.24, 2.45) is 23.2 Å². The van der Waals surface area contributed by atoms with Gasteiger partial charge in [-0.15, -0.1) is 0 Å². The van der Waals surface area contributed by atoms with Crippen LogP contribution in [0, 0.1) is 23.2 Å². The predicted octanol–water partition coefficient (Wildman–Crippen LogP) is 1.19. The number of hydrogen-bond donors (Lipinski definition) is 2. The lowest BCUT2D eigenvalue weighted by atomic mass is 9.49. The minimum absolute atomic E-state index is 0.0480. The molecule has 4 saturated carbocycles. The zero-order chi connectivity index (χ0) is 33.0. The van der Waals surface area contributed by atoms with Gasteiger partial charge in [0.25, 0.3) is 12.1 Å². The Bertz CT molecular complexity index is 1280. The Kier molecular flexibility index (Phi) is 8.81. The quantitative estimate of drug-likeness (QED) is 0.356. The molecule has 4 atom stereocenters. The standard InChI is InChI=1S/C31H44N4O10S/c1-18(25(39)35-7-6-33(3)26-31(35)44-24(38)17-30(42,27(40)45-31)16-23(37)43-26)32-28(41)34(8-9-46-19(2)36)5-4-29-13-20-10-21(14-29)12-22(11-20)15-29/h18,20-22,26,42H,4-17H2,1-3H3,(H,32,41)/t18-,20?,21?,22?,26?,29?,30?,31?/m0/s1. The highest BCUT2D eigenvalue weighted by atomic mass is 32.2. The Morgan fingerprint density at radius 1 is 1.00 bits per heavy atom. The van der Waals surface area contributed by atoms with E-state index < -0.39 is 66.5 Å². The van der Waals surface area contributed by atoms with Gasteiger partial charge in [0, 0.05) is 38.9 Å². The maximum atomic E-state index is 14.0. The lowest BCUT2D eigenvalue weighted by molar-refractivity contribution is -0.354. The summed E-state index contributed by atoms with van der Waals surface area (Å²) in [6.45, 7) is 3.81. The monoisotopic (exact) mass is 664 g/mol. The van der Waals surface area contributed by atoms with E-state index in [0.29, 0.717) is 18.8 Å². The van der Waals surface area contributed by atoms with Crippen molar-refractivity contribution in [3.8, 4) is 0 Å². The first kappa shape index (κ1) is 33.0. The first-order valence-electron chi connectivity index (χ1n) is 16.3. The van der Waals surface area contributed by atoms with Gasteiger partial charge in [0.15, 0.2) is 10.7 Å². The SMILES string of the molecule is CC(=O)SCCN(CCC12CC3CC(CC(C3)C1)C2)C(=O)N[C@@H](C)C(=O)N1CCN(C)C2OC(=O)CC3(O)CC(=O)OC21OC3=O. The van der Waals surface area contributed by atoms with Gasteiger partial charge in [-0.3, -0.25) is 29.0 Å². The van der Waals surface area contributed by atoms with Crippen LogP contribution in [0.15, 0.2) is 0 Å². The average molecular weight is 665 g/mol. The van der Waals surface area contributed by atoms with Crippen molar-refractivity contribution in [1.29, 1.82) is 0 Å². The van der Waals surface area contributed by atoms with Crippen LogP contribution < -0.4 is 5.32 Å². The minimum Gasteiger partial charge on any atom is -0.435 e. The molecular weight excluding hydrogens is 620 g/mol. The first-order chi connectivity index (χ1) is 21.7. The lowest BCUT2D eigenvalue weighted by Gasteiger charge is -2.57. The number of carbonyl (C=O) groups is 6. The largest absolute Gasteiger partial charge is 0.435 e. The third kappa shape index (κ3) is 6.21. The van der Waals surface area contributed by atoms with E-state index in [-0.39, 0.29) is 23.6 Å². The van der Waals surface area contributed by atoms with Crippen LogP contribution in [0.1, 0.15) is 71.6 Å². The Morgan fingerprint density at radius 2 is 1.63 bits per heavy atom. The molecule has 46 heavy (non-hydrogen) atoms. The molecule has 3 unspecified atom stereocenters. The number of piperazine rings is 1. The van der Waals surface area contributed by atoms with Gasteiger partial charge < -0.3 is 29.5 Å². The van der Waals surface area contributed by atoms with Crippen LogP contribution >= 0.6 is 11.8 Å². The molecule has 0 aromatic carbocycles. The molecule has 14 nitrogen and oxygen atoms in total. The molecule has 6 bridgehead atoms. The number of rotatable bonds is 8. The fourth-order valence-electron chi connectivity index (χ4n) is 9.04. The molecule has 3 amide bonds. The summed E-state index contributed by atoms with van der Waals surface area (Å²) in [4.78, 5) is 82.2. The van der Waals surface area contributed by atoms with Crippen LogP contribution in [0.5, 0.6) is 0 Å². The van der Waals surface area contributed by atoms with Crippen LogP contribution in [-0.2, 0) is 38.2 Å². The van der Waals surface area contributed by atoms with E-state index in [0.717, 1.165) is 40.8 Å². The van der Waals surface area contributed by atoms with Crippen molar-refractivity contribution in [2.75, 3.05) is 39.0 Å². The summed E-state index contributed by atoms with van der Waals surface area (Å²) < 4.78 is 16.6. The van der Waals surface area contributed by atoms with Crippen molar-refractivity contribution < 1.29 is 48.1 Å². The van der Waals surface area contributed by atoms with Gasteiger partial charge in [-0.25, -0.2) is 9.59 Å². The van der Waals surface area contributed by atoms with Crippen LogP contribution in [0.3, 0.4) is 0 Å². The summed E-state index contributed by atoms with van der Waals surface area (Å²) >= 11 is 1.14. The van der Waals surface area contributed by atoms with E-state index in [9.17, 15) is 33.9 Å². The van der Waals surface area contributed by atoms with Crippen LogP contribution in [-0.4, -0.2) is 118 Å². The number of urea groups is 1. The Morgan fingerprint density at radius 3 is 2.26 bits per heavy atom. The van der Waals surface area contributed by atoms with Gasteiger partial charge in [-0.2, -0.15) is 0 Å². The second-order valence-electron chi connectivity index (χ2n) is 14.4. The molecule has 0 aromatic rings. The molecule has 7 rings (SSSR count). The molecule has 4 aliphatic carbocycles. The number of amides is 3. The number of fused-ring (bicyclic) bond motifs is 2. The normalized spacial score (nSPS) is 37.2. The van der Waals surface area contributed by atoms with Crippen molar-refractivity contribution >= 4 is 46.7 Å². The average Bonchev–Trinajstić information content (AvgIpc) is 3.01. The second kappa shape index (κ2) is 12.3. The van der Waals surface area contributed by atoms with Crippen molar-refractivity contribution in [3.63, 3.8) is 0 Å². The fourth-order valence-corrected chi connectivity index (χ4v) is 9.63. The van der Waals surface area contributed by atoms with Gasteiger partial charge in [0.2, 0.25) is 0 Å². The number of esters is 3. The molecule has 3 saturated heterocycles. The van der Waals surface area contributed by atoms with Crippen LogP contribution in [0.4, 0.5) is 4.79 Å². The van der Waals surface area contributed by atoms with E-state index in [1.165, 1.54) is 57.3 Å². The minimum atomic E-state index is -2.51. The highest BCUT2D eigenvalue weighted by Gasteiger charge is 2.66. The third-order valence-corrected chi connectivity index (χ3v) is 11.6. The van der Waals surface area contributed by atoms with E-state index in [1.54, 1.807) is 11.9 Å². The maximum absolute atomic E-state index is 14.0. The number of nitrogens with zero attached hydrogens (tertiary/aromatic N) is 3. The zero-order valence-corrected chi connectivity index (χ0v) is 27.5.